The highest BCUT2D eigenvalue weighted by Crippen LogP contribution is 2.30. The Balaban J connectivity index is 0.00000162. The Morgan fingerprint density at radius 1 is 1.39 bits per heavy atom. The Morgan fingerprint density at radius 2 is 2.06 bits per heavy atom. The summed E-state index contributed by atoms with van der Waals surface area (Å²) in [7, 11) is 1.41. The zero-order valence-electron chi connectivity index (χ0n) is 10.2. The zero-order chi connectivity index (χ0) is 12.3. The predicted molar refractivity (Wildman–Crippen MR) is 69.4 cm³/mol. The SMILES string of the molecule is COC(=O)C1CCNCC1c1ccc(F)cc1.Cl. The number of hydrogen-bond acceptors (Lipinski definition) is 3. The van der Waals surface area contributed by atoms with Gasteiger partial charge in [0.25, 0.3) is 0 Å². The third-order valence-corrected chi connectivity index (χ3v) is 3.28. The standard InChI is InChI=1S/C13H16FNO2.ClH/c1-17-13(16)11-6-7-15-8-12(11)9-2-4-10(14)5-3-9;/h2-5,11-12,15H,6-8H2,1H3;1H. The number of methoxy groups -OCH3 is 1. The first-order valence-electron chi connectivity index (χ1n) is 5.76. The molecule has 0 saturated carbocycles. The summed E-state index contributed by atoms with van der Waals surface area (Å²) in [5, 5.41) is 3.26. The third-order valence-electron chi connectivity index (χ3n) is 3.28. The second-order valence-electron chi connectivity index (χ2n) is 4.28. The molecule has 0 amide bonds. The van der Waals surface area contributed by atoms with Crippen molar-refractivity contribution < 1.29 is 13.9 Å². The summed E-state index contributed by atoms with van der Waals surface area (Å²) in [6.45, 7) is 1.54. The molecular weight excluding hydrogens is 257 g/mol. The molecule has 0 radical (unpaired) electrons. The van der Waals surface area contributed by atoms with E-state index in [9.17, 15) is 9.18 Å². The van der Waals surface area contributed by atoms with Crippen molar-refractivity contribution in [3.8, 4) is 0 Å². The van der Waals surface area contributed by atoms with Crippen LogP contribution in [-0.4, -0.2) is 26.2 Å². The molecule has 0 aromatic heterocycles. The summed E-state index contributed by atoms with van der Waals surface area (Å²) >= 11 is 0. The van der Waals surface area contributed by atoms with Gasteiger partial charge in [0, 0.05) is 12.5 Å². The van der Waals surface area contributed by atoms with Crippen molar-refractivity contribution in [2.75, 3.05) is 20.2 Å². The lowest BCUT2D eigenvalue weighted by Gasteiger charge is -2.30. The average molecular weight is 274 g/mol. The Bertz CT molecular complexity index is 396. The third kappa shape index (κ3) is 3.21. The average Bonchev–Trinajstić information content (AvgIpc) is 2.39. The summed E-state index contributed by atoms with van der Waals surface area (Å²) in [6, 6.07) is 6.34. The van der Waals surface area contributed by atoms with Gasteiger partial charge in [-0.3, -0.25) is 4.79 Å². The largest absolute Gasteiger partial charge is 0.469 e. The van der Waals surface area contributed by atoms with E-state index in [4.69, 9.17) is 4.74 Å². The molecule has 0 spiro atoms. The Labute approximate surface area is 112 Å². The molecule has 1 aliphatic rings. The zero-order valence-corrected chi connectivity index (χ0v) is 11.0. The lowest BCUT2D eigenvalue weighted by Crippen LogP contribution is -2.39. The molecule has 0 aliphatic carbocycles. The van der Waals surface area contributed by atoms with Crippen molar-refractivity contribution in [3.63, 3.8) is 0 Å². The first-order chi connectivity index (χ1) is 8.22. The fraction of sp³-hybridized carbons (Fsp3) is 0.462. The summed E-state index contributed by atoms with van der Waals surface area (Å²) < 4.78 is 17.7. The number of carbonyl (C=O) groups is 1. The minimum absolute atomic E-state index is 0. The van der Waals surface area contributed by atoms with Gasteiger partial charge in [-0.2, -0.15) is 0 Å². The molecule has 1 heterocycles. The summed E-state index contributed by atoms with van der Waals surface area (Å²) in [6.07, 6.45) is 0.759. The number of rotatable bonds is 2. The maximum absolute atomic E-state index is 12.9. The molecule has 5 heteroatoms. The molecule has 0 bridgehead atoms. The van der Waals surface area contributed by atoms with Crippen LogP contribution < -0.4 is 5.32 Å². The molecule has 100 valence electrons. The number of halogens is 2. The van der Waals surface area contributed by atoms with Crippen molar-refractivity contribution >= 4 is 18.4 Å². The number of benzene rings is 1. The number of ether oxygens (including phenoxy) is 1. The molecule has 2 unspecified atom stereocenters. The summed E-state index contributed by atoms with van der Waals surface area (Å²) in [5.74, 6) is -0.503. The van der Waals surface area contributed by atoms with E-state index in [0.717, 1.165) is 25.1 Å². The lowest BCUT2D eigenvalue weighted by molar-refractivity contribution is -0.147. The molecule has 18 heavy (non-hydrogen) atoms. The summed E-state index contributed by atoms with van der Waals surface area (Å²) in [4.78, 5) is 11.7. The van der Waals surface area contributed by atoms with Gasteiger partial charge in [-0.25, -0.2) is 4.39 Å². The smallest absolute Gasteiger partial charge is 0.309 e. The molecule has 1 aromatic rings. The number of piperidine rings is 1. The van der Waals surface area contributed by atoms with E-state index in [0.29, 0.717) is 0 Å². The Morgan fingerprint density at radius 3 is 2.67 bits per heavy atom. The molecule has 2 atom stereocenters. The van der Waals surface area contributed by atoms with Crippen LogP contribution in [0.1, 0.15) is 17.9 Å². The quantitative estimate of drug-likeness (QED) is 0.839. The summed E-state index contributed by atoms with van der Waals surface area (Å²) in [5.41, 5.74) is 0.981. The highest BCUT2D eigenvalue weighted by molar-refractivity contribution is 5.85. The van der Waals surface area contributed by atoms with Gasteiger partial charge in [0.15, 0.2) is 0 Å². The van der Waals surface area contributed by atoms with Gasteiger partial charge in [0.05, 0.1) is 13.0 Å². The molecule has 1 aliphatic heterocycles. The van der Waals surface area contributed by atoms with Crippen LogP contribution in [0, 0.1) is 11.7 Å². The van der Waals surface area contributed by atoms with Crippen LogP contribution in [0.4, 0.5) is 4.39 Å². The number of nitrogens with one attached hydrogen (secondary N) is 1. The van der Waals surface area contributed by atoms with E-state index in [1.807, 2.05) is 0 Å². The molecule has 1 aromatic carbocycles. The van der Waals surface area contributed by atoms with Crippen molar-refractivity contribution in [2.45, 2.75) is 12.3 Å². The molecular formula is C13H17ClFNO2. The maximum atomic E-state index is 12.9. The fourth-order valence-corrected chi connectivity index (χ4v) is 2.35. The van der Waals surface area contributed by atoms with Crippen LogP contribution in [-0.2, 0) is 9.53 Å². The Kier molecular flexibility index (Phi) is 5.56. The first kappa shape index (κ1) is 14.9. The number of hydrogen-bond donors (Lipinski definition) is 1. The van der Waals surface area contributed by atoms with Crippen molar-refractivity contribution in [1.29, 1.82) is 0 Å². The molecule has 3 nitrogen and oxygen atoms in total. The normalized spacial score (nSPS) is 23.0. The van der Waals surface area contributed by atoms with Crippen LogP contribution >= 0.6 is 12.4 Å². The monoisotopic (exact) mass is 273 g/mol. The maximum Gasteiger partial charge on any atom is 0.309 e. The second kappa shape index (κ2) is 6.71. The number of esters is 1. The van der Waals surface area contributed by atoms with Crippen LogP contribution in [0.5, 0.6) is 0 Å². The van der Waals surface area contributed by atoms with Gasteiger partial charge in [-0.05, 0) is 30.7 Å². The fourth-order valence-electron chi connectivity index (χ4n) is 2.35. The van der Waals surface area contributed by atoms with E-state index in [1.54, 1.807) is 12.1 Å². The van der Waals surface area contributed by atoms with Gasteiger partial charge < -0.3 is 10.1 Å². The molecule has 1 fully saturated rings. The van der Waals surface area contributed by atoms with E-state index in [2.05, 4.69) is 5.32 Å². The Hall–Kier alpha value is -1.13. The predicted octanol–water partition coefficient (Wildman–Crippen LogP) is 2.11. The minimum Gasteiger partial charge on any atom is -0.469 e. The van der Waals surface area contributed by atoms with Crippen LogP contribution in [0.3, 0.4) is 0 Å². The van der Waals surface area contributed by atoms with Crippen molar-refractivity contribution in [3.05, 3.63) is 35.6 Å². The van der Waals surface area contributed by atoms with Crippen LogP contribution in [0.2, 0.25) is 0 Å². The van der Waals surface area contributed by atoms with E-state index < -0.39 is 0 Å². The second-order valence-corrected chi connectivity index (χ2v) is 4.28. The van der Waals surface area contributed by atoms with E-state index >= 15 is 0 Å². The molecule has 2 rings (SSSR count). The number of carbonyl (C=O) groups excluding carboxylic acids is 1. The van der Waals surface area contributed by atoms with Gasteiger partial charge in [0.2, 0.25) is 0 Å². The van der Waals surface area contributed by atoms with Gasteiger partial charge >= 0.3 is 5.97 Å². The highest BCUT2D eigenvalue weighted by Gasteiger charge is 2.32. The van der Waals surface area contributed by atoms with Crippen LogP contribution in [0.25, 0.3) is 0 Å². The van der Waals surface area contributed by atoms with Crippen molar-refractivity contribution in [1.82, 2.24) is 5.32 Å². The van der Waals surface area contributed by atoms with Gasteiger partial charge in [-0.15, -0.1) is 12.4 Å². The van der Waals surface area contributed by atoms with E-state index in [-0.39, 0.29) is 36.0 Å². The highest BCUT2D eigenvalue weighted by atomic mass is 35.5. The van der Waals surface area contributed by atoms with Crippen LogP contribution in [0.15, 0.2) is 24.3 Å². The van der Waals surface area contributed by atoms with Gasteiger partial charge in [-0.1, -0.05) is 12.1 Å². The molecule has 1 N–H and O–H groups in total. The topological polar surface area (TPSA) is 38.3 Å². The minimum atomic E-state index is -0.257. The van der Waals surface area contributed by atoms with E-state index in [1.165, 1.54) is 19.2 Å². The van der Waals surface area contributed by atoms with Crippen molar-refractivity contribution in [2.24, 2.45) is 5.92 Å². The van der Waals surface area contributed by atoms with Gasteiger partial charge in [0.1, 0.15) is 5.82 Å². The first-order valence-corrected chi connectivity index (χ1v) is 5.76. The lowest BCUT2D eigenvalue weighted by atomic mass is 9.81. The molecule has 1 saturated heterocycles.